The van der Waals surface area contributed by atoms with E-state index >= 15 is 0 Å². The standard InChI is InChI=1S/C31H43N3O5/c1-19(2)18-26(33-30(37)39-31(5,6)7)29(36)34(23-14-15-23)27(25-11-9-10-20(3)21(25)4)28(35)32-22-12-16-24(38-8)17-13-22/h9-13,16-17,19,23,26-27H,14-15,18H2,1-8H3,(H,32,35)(H,33,37). The van der Waals surface area contributed by atoms with E-state index in [0.717, 1.165) is 29.5 Å². The number of benzene rings is 2. The van der Waals surface area contributed by atoms with Gasteiger partial charge in [-0.2, -0.15) is 0 Å². The number of amides is 3. The minimum atomic E-state index is -0.873. The Kier molecular flexibility index (Phi) is 9.64. The van der Waals surface area contributed by atoms with Gasteiger partial charge in [0.15, 0.2) is 0 Å². The highest BCUT2D eigenvalue weighted by Crippen LogP contribution is 2.38. The molecule has 1 fully saturated rings. The number of carbonyl (C=O) groups excluding carboxylic acids is 3. The van der Waals surface area contributed by atoms with Gasteiger partial charge in [0.2, 0.25) is 5.91 Å². The number of carbonyl (C=O) groups is 3. The van der Waals surface area contributed by atoms with Crippen molar-refractivity contribution in [1.29, 1.82) is 0 Å². The third-order valence-corrected chi connectivity index (χ3v) is 6.72. The second-order valence-electron chi connectivity index (χ2n) is 11.7. The van der Waals surface area contributed by atoms with Crippen LogP contribution >= 0.6 is 0 Å². The normalized spacial score (nSPS) is 14.8. The van der Waals surface area contributed by atoms with E-state index < -0.39 is 23.8 Å². The Hall–Kier alpha value is -3.55. The van der Waals surface area contributed by atoms with Crippen molar-refractivity contribution in [1.82, 2.24) is 10.2 Å². The van der Waals surface area contributed by atoms with E-state index in [1.165, 1.54) is 0 Å². The summed E-state index contributed by atoms with van der Waals surface area (Å²) in [5, 5.41) is 5.81. The van der Waals surface area contributed by atoms with E-state index in [1.54, 1.807) is 57.0 Å². The molecule has 2 aromatic rings. The Morgan fingerprint density at radius 3 is 2.21 bits per heavy atom. The van der Waals surface area contributed by atoms with Crippen LogP contribution in [-0.2, 0) is 14.3 Å². The van der Waals surface area contributed by atoms with E-state index in [4.69, 9.17) is 9.47 Å². The molecule has 0 spiro atoms. The quantitative estimate of drug-likeness (QED) is 0.392. The molecular formula is C31H43N3O5. The van der Waals surface area contributed by atoms with E-state index in [1.807, 2.05) is 45.9 Å². The lowest BCUT2D eigenvalue weighted by atomic mass is 9.94. The fourth-order valence-electron chi connectivity index (χ4n) is 4.57. The highest BCUT2D eigenvalue weighted by Gasteiger charge is 2.44. The first-order chi connectivity index (χ1) is 18.3. The summed E-state index contributed by atoms with van der Waals surface area (Å²) in [4.78, 5) is 42.7. The summed E-state index contributed by atoms with van der Waals surface area (Å²) < 4.78 is 10.7. The zero-order valence-corrected chi connectivity index (χ0v) is 24.5. The number of anilines is 1. The van der Waals surface area contributed by atoms with Crippen LogP contribution in [0, 0.1) is 19.8 Å². The van der Waals surface area contributed by atoms with Crippen molar-refractivity contribution < 1.29 is 23.9 Å². The van der Waals surface area contributed by atoms with Crippen LogP contribution in [0.3, 0.4) is 0 Å². The van der Waals surface area contributed by atoms with Gasteiger partial charge >= 0.3 is 6.09 Å². The summed E-state index contributed by atoms with van der Waals surface area (Å²) in [6, 6.07) is 11.1. The first kappa shape index (κ1) is 30.0. The second-order valence-corrected chi connectivity index (χ2v) is 11.7. The summed E-state index contributed by atoms with van der Waals surface area (Å²) >= 11 is 0. The van der Waals surface area contributed by atoms with Crippen LogP contribution in [0.25, 0.3) is 0 Å². The fraction of sp³-hybridized carbons (Fsp3) is 0.516. The van der Waals surface area contributed by atoms with Crippen molar-refractivity contribution >= 4 is 23.6 Å². The first-order valence-corrected chi connectivity index (χ1v) is 13.6. The number of alkyl carbamates (subject to hydrolysis) is 1. The van der Waals surface area contributed by atoms with Gasteiger partial charge in [-0.1, -0.05) is 32.0 Å². The predicted molar refractivity (Wildman–Crippen MR) is 153 cm³/mol. The van der Waals surface area contributed by atoms with Crippen LogP contribution < -0.4 is 15.4 Å². The number of hydrogen-bond acceptors (Lipinski definition) is 5. The third-order valence-electron chi connectivity index (χ3n) is 6.72. The van der Waals surface area contributed by atoms with Crippen LogP contribution in [0.4, 0.5) is 10.5 Å². The van der Waals surface area contributed by atoms with E-state index in [0.29, 0.717) is 17.9 Å². The fourth-order valence-corrected chi connectivity index (χ4v) is 4.57. The highest BCUT2D eigenvalue weighted by atomic mass is 16.6. The number of ether oxygens (including phenoxy) is 2. The Balaban J connectivity index is 2.02. The highest BCUT2D eigenvalue weighted by molar-refractivity contribution is 5.99. The van der Waals surface area contributed by atoms with Gasteiger partial charge in [0.25, 0.3) is 5.91 Å². The molecule has 0 aliphatic heterocycles. The maximum absolute atomic E-state index is 14.3. The van der Waals surface area contributed by atoms with Crippen LogP contribution in [0.15, 0.2) is 42.5 Å². The molecule has 2 atom stereocenters. The number of rotatable bonds is 10. The Labute approximate surface area is 232 Å². The number of nitrogens with one attached hydrogen (secondary N) is 2. The monoisotopic (exact) mass is 537 g/mol. The predicted octanol–water partition coefficient (Wildman–Crippen LogP) is 5.92. The van der Waals surface area contributed by atoms with Crippen molar-refractivity contribution in [3.8, 4) is 5.75 Å². The number of aryl methyl sites for hydroxylation is 1. The van der Waals surface area contributed by atoms with Crippen molar-refractivity contribution in [3.05, 3.63) is 59.2 Å². The molecule has 8 nitrogen and oxygen atoms in total. The summed E-state index contributed by atoms with van der Waals surface area (Å²) in [7, 11) is 1.59. The SMILES string of the molecule is COc1ccc(NC(=O)C(c2cccc(C)c2C)N(C(=O)C(CC(C)C)NC(=O)OC(C)(C)C)C2CC2)cc1. The molecule has 2 N–H and O–H groups in total. The Morgan fingerprint density at radius 1 is 1.03 bits per heavy atom. The van der Waals surface area contributed by atoms with Gasteiger partial charge in [-0.05, 0) is 101 Å². The molecule has 0 saturated heterocycles. The summed E-state index contributed by atoms with van der Waals surface area (Å²) in [5.41, 5.74) is 2.65. The van der Waals surface area contributed by atoms with Crippen molar-refractivity contribution in [2.45, 2.75) is 91.5 Å². The Morgan fingerprint density at radius 2 is 1.67 bits per heavy atom. The third kappa shape index (κ3) is 8.22. The summed E-state index contributed by atoms with van der Waals surface area (Å²) in [6.07, 6.45) is 1.36. The average molecular weight is 538 g/mol. The van der Waals surface area contributed by atoms with Crippen LogP contribution in [0.1, 0.15) is 76.6 Å². The summed E-state index contributed by atoms with van der Waals surface area (Å²) in [6.45, 7) is 13.3. The molecule has 1 aliphatic rings. The summed E-state index contributed by atoms with van der Waals surface area (Å²) in [5.74, 6) is 0.211. The molecule has 0 bridgehead atoms. The first-order valence-electron chi connectivity index (χ1n) is 13.6. The zero-order valence-electron chi connectivity index (χ0n) is 24.5. The molecule has 212 valence electrons. The molecule has 39 heavy (non-hydrogen) atoms. The second kappa shape index (κ2) is 12.5. The lowest BCUT2D eigenvalue weighted by molar-refractivity contribution is -0.141. The van der Waals surface area contributed by atoms with E-state index in [-0.39, 0.29) is 23.8 Å². The topological polar surface area (TPSA) is 97.0 Å². The number of hydrogen-bond donors (Lipinski definition) is 2. The molecule has 8 heteroatoms. The molecule has 3 rings (SSSR count). The molecule has 3 amide bonds. The lowest BCUT2D eigenvalue weighted by Crippen LogP contribution is -2.53. The maximum atomic E-state index is 14.3. The van der Waals surface area contributed by atoms with Gasteiger partial charge in [-0.3, -0.25) is 9.59 Å². The largest absolute Gasteiger partial charge is 0.497 e. The van der Waals surface area contributed by atoms with Gasteiger partial charge in [-0.25, -0.2) is 4.79 Å². The van der Waals surface area contributed by atoms with E-state index in [2.05, 4.69) is 10.6 Å². The molecular weight excluding hydrogens is 494 g/mol. The van der Waals surface area contributed by atoms with Crippen LogP contribution in [0.5, 0.6) is 5.75 Å². The molecule has 0 radical (unpaired) electrons. The van der Waals surface area contributed by atoms with Gasteiger partial charge in [0.05, 0.1) is 7.11 Å². The van der Waals surface area contributed by atoms with Gasteiger partial charge in [0.1, 0.15) is 23.4 Å². The lowest BCUT2D eigenvalue weighted by Gasteiger charge is -2.36. The molecule has 1 aliphatic carbocycles. The van der Waals surface area contributed by atoms with Crippen molar-refractivity contribution in [2.24, 2.45) is 5.92 Å². The molecule has 2 unspecified atom stereocenters. The van der Waals surface area contributed by atoms with Crippen LogP contribution in [0.2, 0.25) is 0 Å². The number of methoxy groups -OCH3 is 1. The zero-order chi connectivity index (χ0) is 28.9. The Bertz CT molecular complexity index is 1170. The molecule has 2 aromatic carbocycles. The van der Waals surface area contributed by atoms with Crippen LogP contribution in [-0.4, -0.2) is 47.6 Å². The van der Waals surface area contributed by atoms with Crippen molar-refractivity contribution in [3.63, 3.8) is 0 Å². The van der Waals surface area contributed by atoms with E-state index in [9.17, 15) is 14.4 Å². The average Bonchev–Trinajstić information content (AvgIpc) is 3.68. The maximum Gasteiger partial charge on any atom is 0.408 e. The molecule has 0 heterocycles. The van der Waals surface area contributed by atoms with Gasteiger partial charge < -0.3 is 25.0 Å². The minimum Gasteiger partial charge on any atom is -0.497 e. The smallest absolute Gasteiger partial charge is 0.408 e. The minimum absolute atomic E-state index is 0.0980. The van der Waals surface area contributed by atoms with Crippen molar-refractivity contribution in [2.75, 3.05) is 12.4 Å². The molecule has 1 saturated carbocycles. The van der Waals surface area contributed by atoms with Gasteiger partial charge in [0, 0.05) is 11.7 Å². The molecule has 0 aromatic heterocycles. The number of nitrogens with zero attached hydrogens (tertiary/aromatic N) is 1. The van der Waals surface area contributed by atoms with Gasteiger partial charge in [-0.15, -0.1) is 0 Å².